The van der Waals surface area contributed by atoms with Crippen molar-refractivity contribution in [3.05, 3.63) is 35.6 Å². The molecule has 0 fully saturated rings. The van der Waals surface area contributed by atoms with Gasteiger partial charge in [0.2, 0.25) is 0 Å². The number of rotatable bonds is 3. The van der Waals surface area contributed by atoms with E-state index in [2.05, 4.69) is 5.10 Å². The quantitative estimate of drug-likeness (QED) is 0.871. The zero-order valence-corrected chi connectivity index (χ0v) is 11.7. The standard InChI is InChI=1S/C14H14F4N2O2/c1-2-4-11-8-13(22,14(16,17)18)20(19-11)12(21)9-5-3-6-10(15)7-9/h3,5-7,22H,2,4,8H2,1H3/t13-/m0/s1. The Morgan fingerprint density at radius 1 is 1.45 bits per heavy atom. The van der Waals surface area contributed by atoms with Crippen LogP contribution in [0.5, 0.6) is 0 Å². The molecule has 0 bridgehead atoms. The van der Waals surface area contributed by atoms with Crippen molar-refractivity contribution < 1.29 is 27.5 Å². The largest absolute Gasteiger partial charge is 0.438 e. The maximum atomic E-state index is 13.2. The van der Waals surface area contributed by atoms with E-state index in [1.807, 2.05) is 0 Å². The minimum absolute atomic E-state index is 0.00671. The third-order valence-corrected chi connectivity index (χ3v) is 3.30. The molecule has 0 unspecified atom stereocenters. The molecular formula is C14H14F4N2O2. The summed E-state index contributed by atoms with van der Waals surface area (Å²) in [6, 6.07) is 4.21. The van der Waals surface area contributed by atoms with Crippen molar-refractivity contribution in [2.75, 3.05) is 0 Å². The summed E-state index contributed by atoms with van der Waals surface area (Å²) in [7, 11) is 0. The third-order valence-electron chi connectivity index (χ3n) is 3.30. The summed E-state index contributed by atoms with van der Waals surface area (Å²) in [4.78, 5) is 12.2. The number of halogens is 4. The van der Waals surface area contributed by atoms with Crippen LogP contribution in [0.4, 0.5) is 17.6 Å². The molecule has 0 aliphatic carbocycles. The molecule has 1 amide bonds. The molecule has 1 aromatic carbocycles. The second-order valence-electron chi connectivity index (χ2n) is 5.03. The van der Waals surface area contributed by atoms with Gasteiger partial charge in [-0.25, -0.2) is 4.39 Å². The SMILES string of the molecule is CCCC1=NN(C(=O)c2cccc(F)c2)[C@@](O)(C(F)(F)F)C1. The summed E-state index contributed by atoms with van der Waals surface area (Å²) in [6.45, 7) is 1.74. The molecule has 22 heavy (non-hydrogen) atoms. The molecule has 0 saturated heterocycles. The highest BCUT2D eigenvalue weighted by Gasteiger charge is 2.63. The Hall–Kier alpha value is -1.96. The number of hydrazone groups is 1. The van der Waals surface area contributed by atoms with Crippen LogP contribution < -0.4 is 0 Å². The van der Waals surface area contributed by atoms with E-state index in [1.165, 1.54) is 6.07 Å². The first-order valence-electron chi connectivity index (χ1n) is 6.64. The zero-order chi connectivity index (χ0) is 16.5. The second kappa shape index (κ2) is 5.68. The molecule has 1 heterocycles. The van der Waals surface area contributed by atoms with E-state index in [-0.39, 0.29) is 22.7 Å². The lowest BCUT2D eigenvalue weighted by atomic mass is 10.0. The summed E-state index contributed by atoms with van der Waals surface area (Å²) in [6.07, 6.45) is -5.12. The molecule has 1 aliphatic rings. The van der Waals surface area contributed by atoms with Crippen LogP contribution in [0.15, 0.2) is 29.4 Å². The third kappa shape index (κ3) is 2.83. The lowest BCUT2D eigenvalue weighted by Gasteiger charge is -2.32. The molecule has 1 aromatic rings. The van der Waals surface area contributed by atoms with Gasteiger partial charge in [0.05, 0.1) is 0 Å². The number of amides is 1. The van der Waals surface area contributed by atoms with Gasteiger partial charge >= 0.3 is 6.18 Å². The lowest BCUT2D eigenvalue weighted by Crippen LogP contribution is -2.56. The fraction of sp³-hybridized carbons (Fsp3) is 0.429. The Bertz CT molecular complexity index is 615. The molecule has 2 rings (SSSR count). The molecule has 4 nitrogen and oxygen atoms in total. The van der Waals surface area contributed by atoms with Crippen LogP contribution in [0.25, 0.3) is 0 Å². The van der Waals surface area contributed by atoms with Gasteiger partial charge in [-0.2, -0.15) is 23.3 Å². The van der Waals surface area contributed by atoms with Crippen molar-refractivity contribution in [1.82, 2.24) is 5.01 Å². The van der Waals surface area contributed by atoms with E-state index < -0.39 is 30.0 Å². The van der Waals surface area contributed by atoms with E-state index in [9.17, 15) is 27.5 Å². The summed E-state index contributed by atoms with van der Waals surface area (Å²) in [5, 5.41) is 13.6. The number of benzene rings is 1. The molecule has 0 spiro atoms. The Balaban J connectivity index is 2.41. The molecule has 0 radical (unpaired) electrons. The molecule has 1 aliphatic heterocycles. The molecular weight excluding hydrogens is 304 g/mol. The number of carbonyl (C=O) groups excluding carboxylic acids is 1. The van der Waals surface area contributed by atoms with Crippen molar-refractivity contribution in [2.24, 2.45) is 5.10 Å². The fourth-order valence-electron chi connectivity index (χ4n) is 2.22. The van der Waals surface area contributed by atoms with E-state index >= 15 is 0 Å². The zero-order valence-electron chi connectivity index (χ0n) is 11.7. The van der Waals surface area contributed by atoms with E-state index in [0.717, 1.165) is 18.2 Å². The molecule has 1 N–H and O–H groups in total. The molecule has 0 aromatic heterocycles. The minimum Gasteiger partial charge on any atom is -0.362 e. The summed E-state index contributed by atoms with van der Waals surface area (Å²) < 4.78 is 52.7. The first kappa shape index (κ1) is 16.4. The predicted octanol–water partition coefficient (Wildman–Crippen LogP) is 3.08. The highest BCUT2D eigenvalue weighted by Crippen LogP contribution is 2.41. The monoisotopic (exact) mass is 318 g/mol. The number of aliphatic hydroxyl groups is 1. The van der Waals surface area contributed by atoms with Crippen LogP contribution in [-0.4, -0.2) is 33.6 Å². The Morgan fingerprint density at radius 2 is 2.14 bits per heavy atom. The number of nitrogens with zero attached hydrogens (tertiary/aromatic N) is 2. The number of hydrogen-bond acceptors (Lipinski definition) is 3. The number of carbonyl (C=O) groups is 1. The maximum absolute atomic E-state index is 13.2. The van der Waals surface area contributed by atoms with Crippen molar-refractivity contribution in [3.8, 4) is 0 Å². The predicted molar refractivity (Wildman–Crippen MR) is 70.5 cm³/mol. The lowest BCUT2D eigenvalue weighted by molar-refractivity contribution is -0.297. The first-order valence-corrected chi connectivity index (χ1v) is 6.64. The van der Waals surface area contributed by atoms with Crippen molar-refractivity contribution >= 4 is 11.6 Å². The summed E-state index contributed by atoms with van der Waals surface area (Å²) in [5.74, 6) is -1.97. The molecule has 120 valence electrons. The van der Waals surface area contributed by atoms with Crippen LogP contribution in [0.1, 0.15) is 36.5 Å². The Morgan fingerprint density at radius 3 is 2.68 bits per heavy atom. The Labute approximate surface area is 124 Å². The van der Waals surface area contributed by atoms with Crippen LogP contribution >= 0.6 is 0 Å². The Kier molecular flexibility index (Phi) is 4.23. The highest BCUT2D eigenvalue weighted by molar-refractivity contribution is 5.98. The van der Waals surface area contributed by atoms with Gasteiger partial charge in [0.1, 0.15) is 5.82 Å². The van der Waals surface area contributed by atoms with Gasteiger partial charge < -0.3 is 5.11 Å². The fourth-order valence-corrected chi connectivity index (χ4v) is 2.22. The van der Waals surface area contributed by atoms with E-state index in [1.54, 1.807) is 6.92 Å². The van der Waals surface area contributed by atoms with Gasteiger partial charge in [0.15, 0.2) is 0 Å². The number of alkyl halides is 3. The van der Waals surface area contributed by atoms with Crippen molar-refractivity contribution in [2.45, 2.75) is 38.1 Å². The van der Waals surface area contributed by atoms with Crippen LogP contribution in [0.3, 0.4) is 0 Å². The second-order valence-corrected chi connectivity index (χ2v) is 5.03. The van der Waals surface area contributed by atoms with Gasteiger partial charge in [-0.3, -0.25) is 4.79 Å². The van der Waals surface area contributed by atoms with Crippen LogP contribution in [0, 0.1) is 5.82 Å². The van der Waals surface area contributed by atoms with E-state index in [0.29, 0.717) is 6.42 Å². The average Bonchev–Trinajstić information content (AvgIpc) is 2.76. The highest BCUT2D eigenvalue weighted by atomic mass is 19.4. The molecule has 0 saturated carbocycles. The first-order chi connectivity index (χ1) is 10.2. The normalized spacial score (nSPS) is 21.9. The van der Waals surface area contributed by atoms with Crippen molar-refractivity contribution in [3.63, 3.8) is 0 Å². The summed E-state index contributed by atoms with van der Waals surface area (Å²) >= 11 is 0. The molecule has 8 heteroatoms. The molecule has 1 atom stereocenters. The van der Waals surface area contributed by atoms with Crippen LogP contribution in [-0.2, 0) is 0 Å². The van der Waals surface area contributed by atoms with Crippen LogP contribution in [0.2, 0.25) is 0 Å². The van der Waals surface area contributed by atoms with Gasteiger partial charge in [-0.05, 0) is 24.6 Å². The number of hydrogen-bond donors (Lipinski definition) is 1. The summed E-state index contributed by atoms with van der Waals surface area (Å²) in [5.41, 5.74) is -3.64. The van der Waals surface area contributed by atoms with Crippen molar-refractivity contribution in [1.29, 1.82) is 0 Å². The van der Waals surface area contributed by atoms with E-state index in [4.69, 9.17) is 0 Å². The van der Waals surface area contributed by atoms with Gasteiger partial charge in [0.25, 0.3) is 11.6 Å². The smallest absolute Gasteiger partial charge is 0.362 e. The van der Waals surface area contributed by atoms with Gasteiger partial charge in [-0.15, -0.1) is 0 Å². The average molecular weight is 318 g/mol. The van der Waals surface area contributed by atoms with Gasteiger partial charge in [0, 0.05) is 17.7 Å². The topological polar surface area (TPSA) is 52.9 Å². The van der Waals surface area contributed by atoms with Gasteiger partial charge in [-0.1, -0.05) is 19.4 Å². The minimum atomic E-state index is -5.07. The maximum Gasteiger partial charge on any atom is 0.438 e.